The van der Waals surface area contributed by atoms with Gasteiger partial charge in [0.25, 0.3) is 0 Å². The summed E-state index contributed by atoms with van der Waals surface area (Å²) in [4.78, 5) is 9.73. The molecule has 0 aliphatic carbocycles. The van der Waals surface area contributed by atoms with E-state index in [0.29, 0.717) is 5.39 Å². The van der Waals surface area contributed by atoms with Crippen molar-refractivity contribution in [2.24, 2.45) is 0 Å². The molecule has 1 N–H and O–H groups in total. The van der Waals surface area contributed by atoms with Crippen LogP contribution in [0.5, 0.6) is 5.75 Å². The molecule has 6 heteroatoms. The van der Waals surface area contributed by atoms with Crippen molar-refractivity contribution in [3.63, 3.8) is 0 Å². The monoisotopic (exact) mass is 273 g/mol. The third kappa shape index (κ3) is 2.40. The predicted molar refractivity (Wildman–Crippen MR) is 68.2 cm³/mol. The zero-order valence-electron chi connectivity index (χ0n) is 10.2. The molecule has 100 valence electrons. The number of nitrogens with zero attached hydrogens (tertiary/aromatic N) is 3. The minimum atomic E-state index is -1.14. The summed E-state index contributed by atoms with van der Waals surface area (Å²) in [6.07, 6.45) is -2.13. The Labute approximate surface area is 112 Å². The molecular formula is C14H9F2N3O. The summed E-state index contributed by atoms with van der Waals surface area (Å²) < 4.78 is 25.8. The van der Waals surface area contributed by atoms with E-state index in [2.05, 4.69) is 15.0 Å². The summed E-state index contributed by atoms with van der Waals surface area (Å²) in [5.74, 6) is 0.155. The van der Waals surface area contributed by atoms with Gasteiger partial charge in [-0.1, -0.05) is 24.3 Å². The van der Waals surface area contributed by atoms with Gasteiger partial charge in [0, 0.05) is 11.8 Å². The zero-order valence-corrected chi connectivity index (χ0v) is 10.2. The Bertz CT molecular complexity index is 772. The van der Waals surface area contributed by atoms with Gasteiger partial charge in [0.05, 0.1) is 0 Å². The lowest BCUT2D eigenvalue weighted by molar-refractivity contribution is 0.446. The Morgan fingerprint density at radius 2 is 1.70 bits per heavy atom. The lowest BCUT2D eigenvalue weighted by atomic mass is 10.0. The van der Waals surface area contributed by atoms with Crippen LogP contribution in [0.3, 0.4) is 0 Å². The van der Waals surface area contributed by atoms with E-state index < -0.39 is 12.2 Å². The molecule has 1 aromatic heterocycles. The molecule has 2 aromatic carbocycles. The average Bonchev–Trinajstić information content (AvgIpc) is 2.38. The van der Waals surface area contributed by atoms with Crippen LogP contribution in [0.1, 0.15) is 11.4 Å². The Morgan fingerprint density at radius 1 is 0.950 bits per heavy atom. The second-order valence-electron chi connectivity index (χ2n) is 4.30. The maximum Gasteiger partial charge on any atom is 0.314 e. The van der Waals surface area contributed by atoms with Gasteiger partial charge in [-0.15, -0.1) is 0 Å². The van der Waals surface area contributed by atoms with Crippen molar-refractivity contribution in [1.82, 2.24) is 15.0 Å². The Morgan fingerprint density at radius 3 is 2.45 bits per heavy atom. The third-order valence-corrected chi connectivity index (χ3v) is 2.91. The molecule has 0 saturated heterocycles. The molecule has 0 atom stereocenters. The highest BCUT2D eigenvalue weighted by molar-refractivity contribution is 5.88. The van der Waals surface area contributed by atoms with Crippen molar-refractivity contribution >= 4 is 10.8 Å². The van der Waals surface area contributed by atoms with E-state index in [9.17, 15) is 13.9 Å². The second-order valence-corrected chi connectivity index (χ2v) is 4.30. The maximum absolute atomic E-state index is 12.9. The van der Waals surface area contributed by atoms with Crippen molar-refractivity contribution in [2.75, 3.05) is 0 Å². The molecule has 1 heterocycles. The van der Waals surface area contributed by atoms with Gasteiger partial charge >= 0.3 is 12.2 Å². The normalized spacial score (nSPS) is 10.9. The number of halogens is 2. The summed E-state index contributed by atoms with van der Waals surface area (Å²) in [7, 11) is 0. The number of phenolic OH excluding ortho intramolecular Hbond substituents is 1. The number of aromatic nitrogens is 3. The second kappa shape index (κ2) is 4.80. The fraction of sp³-hybridized carbons (Fsp3) is 0.0714. The largest absolute Gasteiger partial charge is 0.507 e. The van der Waals surface area contributed by atoms with Gasteiger partial charge < -0.3 is 5.11 Å². The molecule has 0 spiro atoms. The Kier molecular flexibility index (Phi) is 2.98. The lowest BCUT2D eigenvalue weighted by Crippen LogP contribution is -2.04. The fourth-order valence-corrected chi connectivity index (χ4v) is 2.04. The summed E-state index contributed by atoms with van der Waals surface area (Å²) in [6.45, 7) is 0. The standard InChI is InChI=1S/C14H9F2N3O/c15-13-17-12(18-14(16)19-13)7-8-4-5-9-2-1-3-11(20)10(9)6-8/h1-6,20H,7H2. The van der Waals surface area contributed by atoms with Gasteiger partial charge in [-0.25, -0.2) is 0 Å². The molecule has 0 amide bonds. The number of fused-ring (bicyclic) bond motifs is 1. The van der Waals surface area contributed by atoms with Crippen molar-refractivity contribution in [3.05, 3.63) is 59.9 Å². The van der Waals surface area contributed by atoms with Crippen LogP contribution in [0.15, 0.2) is 36.4 Å². The van der Waals surface area contributed by atoms with Gasteiger partial charge in [-0.2, -0.15) is 23.7 Å². The van der Waals surface area contributed by atoms with Crippen LogP contribution in [-0.2, 0) is 6.42 Å². The average molecular weight is 273 g/mol. The van der Waals surface area contributed by atoms with Crippen LogP contribution in [0, 0.1) is 12.2 Å². The van der Waals surface area contributed by atoms with Crippen LogP contribution in [-0.4, -0.2) is 20.1 Å². The number of hydrogen-bond donors (Lipinski definition) is 1. The van der Waals surface area contributed by atoms with Crippen LogP contribution in [0.4, 0.5) is 8.78 Å². The molecule has 3 aromatic rings. The highest BCUT2D eigenvalue weighted by atomic mass is 19.1. The SMILES string of the molecule is Oc1cccc2ccc(Cc3nc(F)nc(F)n3)cc12. The van der Waals surface area contributed by atoms with E-state index in [1.807, 2.05) is 12.1 Å². The molecule has 0 fully saturated rings. The molecule has 0 saturated carbocycles. The topological polar surface area (TPSA) is 58.9 Å². The molecule has 0 aliphatic rings. The van der Waals surface area contributed by atoms with Gasteiger partial charge in [0.15, 0.2) is 0 Å². The number of hydrogen-bond acceptors (Lipinski definition) is 4. The zero-order chi connectivity index (χ0) is 14.1. The van der Waals surface area contributed by atoms with Gasteiger partial charge in [-0.3, -0.25) is 0 Å². The van der Waals surface area contributed by atoms with E-state index in [4.69, 9.17) is 0 Å². The van der Waals surface area contributed by atoms with Crippen LogP contribution in [0.2, 0.25) is 0 Å². The summed E-state index contributed by atoms with van der Waals surface area (Å²) in [5.41, 5.74) is 0.740. The maximum atomic E-state index is 12.9. The smallest absolute Gasteiger partial charge is 0.314 e. The molecule has 20 heavy (non-hydrogen) atoms. The quantitative estimate of drug-likeness (QED) is 0.779. The van der Waals surface area contributed by atoms with E-state index in [0.717, 1.165) is 10.9 Å². The van der Waals surface area contributed by atoms with Crippen molar-refractivity contribution in [2.45, 2.75) is 6.42 Å². The third-order valence-electron chi connectivity index (χ3n) is 2.91. The highest BCUT2D eigenvalue weighted by Gasteiger charge is 2.07. The van der Waals surface area contributed by atoms with E-state index >= 15 is 0 Å². The molecule has 0 bridgehead atoms. The van der Waals surface area contributed by atoms with Crippen LogP contribution < -0.4 is 0 Å². The van der Waals surface area contributed by atoms with Gasteiger partial charge in [0.1, 0.15) is 11.6 Å². The van der Waals surface area contributed by atoms with Crippen molar-refractivity contribution in [3.8, 4) is 5.75 Å². The lowest BCUT2D eigenvalue weighted by Gasteiger charge is -2.05. The van der Waals surface area contributed by atoms with Crippen LogP contribution >= 0.6 is 0 Å². The number of benzene rings is 2. The number of phenols is 1. The first-order chi connectivity index (χ1) is 9.61. The first kappa shape index (κ1) is 12.4. The minimum Gasteiger partial charge on any atom is -0.507 e. The van der Waals surface area contributed by atoms with Gasteiger partial charge in [0.2, 0.25) is 0 Å². The fourth-order valence-electron chi connectivity index (χ4n) is 2.04. The first-order valence-corrected chi connectivity index (χ1v) is 5.88. The van der Waals surface area contributed by atoms with E-state index in [1.165, 1.54) is 0 Å². The highest BCUT2D eigenvalue weighted by Crippen LogP contribution is 2.25. The van der Waals surface area contributed by atoms with Crippen molar-refractivity contribution < 1.29 is 13.9 Å². The molecule has 4 nitrogen and oxygen atoms in total. The summed E-state index contributed by atoms with van der Waals surface area (Å²) >= 11 is 0. The van der Waals surface area contributed by atoms with Crippen molar-refractivity contribution in [1.29, 1.82) is 0 Å². The number of rotatable bonds is 2. The molecular weight excluding hydrogens is 264 g/mol. The van der Waals surface area contributed by atoms with Gasteiger partial charge in [-0.05, 0) is 23.1 Å². The summed E-state index contributed by atoms with van der Waals surface area (Å²) in [6, 6.07) is 10.5. The van der Waals surface area contributed by atoms with E-state index in [-0.39, 0.29) is 18.0 Å². The minimum absolute atomic E-state index is 0.00442. The molecule has 0 aliphatic heterocycles. The number of aromatic hydroxyl groups is 1. The Balaban J connectivity index is 2.00. The Hall–Kier alpha value is -2.63. The predicted octanol–water partition coefficient (Wildman–Crippen LogP) is 2.60. The molecule has 3 rings (SSSR count). The molecule has 0 radical (unpaired) electrons. The van der Waals surface area contributed by atoms with Crippen LogP contribution in [0.25, 0.3) is 10.8 Å². The van der Waals surface area contributed by atoms with E-state index in [1.54, 1.807) is 24.3 Å². The molecule has 0 unspecified atom stereocenters. The first-order valence-electron chi connectivity index (χ1n) is 5.88. The summed E-state index contributed by atoms with van der Waals surface area (Å²) in [5, 5.41) is 11.3.